The highest BCUT2D eigenvalue weighted by Gasteiger charge is 1.93. The van der Waals surface area contributed by atoms with Gasteiger partial charge < -0.3 is 0 Å². The first kappa shape index (κ1) is 13.1. The molecule has 0 aliphatic carbocycles. The Morgan fingerprint density at radius 1 is 1.14 bits per heavy atom. The Labute approximate surface area is 85.5 Å². The molecule has 0 unspecified atom stereocenters. The maximum atomic E-state index is 9.56. The molecule has 4 heteroatoms. The van der Waals surface area contributed by atoms with E-state index in [1.807, 2.05) is 6.07 Å². The van der Waals surface area contributed by atoms with Crippen molar-refractivity contribution in [3.8, 4) is 0 Å². The molecular formula is C10H16O3S. The maximum Gasteiger partial charge on any atom is 0.264 e. The van der Waals surface area contributed by atoms with Gasteiger partial charge in [-0.3, -0.25) is 4.55 Å². The van der Waals surface area contributed by atoms with Crippen molar-refractivity contribution < 1.29 is 13.0 Å². The van der Waals surface area contributed by atoms with Crippen molar-refractivity contribution in [3.05, 3.63) is 35.9 Å². The van der Waals surface area contributed by atoms with E-state index in [4.69, 9.17) is 4.55 Å². The summed E-state index contributed by atoms with van der Waals surface area (Å²) in [7, 11) is -3.66. The van der Waals surface area contributed by atoms with Gasteiger partial charge in [0.05, 0.1) is 5.75 Å². The minimum absolute atomic E-state index is 0.201. The molecule has 1 N–H and O–H groups in total. The second-order valence-electron chi connectivity index (χ2n) is 2.71. The van der Waals surface area contributed by atoms with Gasteiger partial charge in [0.1, 0.15) is 0 Å². The van der Waals surface area contributed by atoms with Gasteiger partial charge in [0.2, 0.25) is 0 Å². The van der Waals surface area contributed by atoms with Crippen LogP contribution in [0.15, 0.2) is 30.3 Å². The van der Waals surface area contributed by atoms with E-state index >= 15 is 0 Å². The van der Waals surface area contributed by atoms with Crippen molar-refractivity contribution >= 4 is 10.1 Å². The maximum absolute atomic E-state index is 9.56. The monoisotopic (exact) mass is 216 g/mol. The van der Waals surface area contributed by atoms with Gasteiger partial charge in [0.25, 0.3) is 10.1 Å². The van der Waals surface area contributed by atoms with Gasteiger partial charge in [-0.05, 0) is 18.9 Å². The van der Waals surface area contributed by atoms with E-state index in [-0.39, 0.29) is 5.75 Å². The lowest BCUT2D eigenvalue weighted by molar-refractivity contribution is 0.484. The first-order valence-corrected chi connectivity index (χ1v) is 6.09. The molecule has 0 heterocycles. The predicted molar refractivity (Wildman–Crippen MR) is 57.9 cm³/mol. The van der Waals surface area contributed by atoms with Gasteiger partial charge in [-0.25, -0.2) is 0 Å². The van der Waals surface area contributed by atoms with Crippen LogP contribution in [0.2, 0.25) is 0 Å². The molecule has 0 bridgehead atoms. The summed E-state index contributed by atoms with van der Waals surface area (Å²) >= 11 is 0. The quantitative estimate of drug-likeness (QED) is 0.771. The largest absolute Gasteiger partial charge is 0.286 e. The number of benzene rings is 1. The van der Waals surface area contributed by atoms with Crippen LogP contribution in [0.1, 0.15) is 19.4 Å². The third-order valence-electron chi connectivity index (χ3n) is 1.62. The molecule has 0 fully saturated rings. The Morgan fingerprint density at radius 2 is 1.57 bits per heavy atom. The molecule has 1 aromatic rings. The molecule has 0 saturated heterocycles. The SMILES string of the molecule is CCS(=O)(=O)O.CCc1ccccc1. The van der Waals surface area contributed by atoms with Gasteiger partial charge in [-0.1, -0.05) is 37.3 Å². The number of hydrogen-bond acceptors (Lipinski definition) is 2. The molecule has 1 rings (SSSR count). The summed E-state index contributed by atoms with van der Waals surface area (Å²) in [6, 6.07) is 10.5. The van der Waals surface area contributed by atoms with Crippen LogP contribution in [0.4, 0.5) is 0 Å². The second-order valence-corrected chi connectivity index (χ2v) is 4.45. The molecule has 80 valence electrons. The van der Waals surface area contributed by atoms with Crippen molar-refractivity contribution in [1.29, 1.82) is 0 Å². The number of rotatable bonds is 2. The summed E-state index contributed by atoms with van der Waals surface area (Å²) in [4.78, 5) is 0. The first-order chi connectivity index (χ1) is 6.49. The zero-order chi connectivity index (χ0) is 11.0. The fourth-order valence-corrected chi connectivity index (χ4v) is 0.714. The topological polar surface area (TPSA) is 54.4 Å². The van der Waals surface area contributed by atoms with E-state index in [9.17, 15) is 8.42 Å². The summed E-state index contributed by atoms with van der Waals surface area (Å²) in [6.45, 7) is 3.53. The highest BCUT2D eigenvalue weighted by atomic mass is 32.2. The van der Waals surface area contributed by atoms with E-state index < -0.39 is 10.1 Å². The normalized spacial score (nSPS) is 10.2. The Morgan fingerprint density at radius 3 is 1.79 bits per heavy atom. The van der Waals surface area contributed by atoms with Crippen LogP contribution in [0.3, 0.4) is 0 Å². The van der Waals surface area contributed by atoms with E-state index in [1.54, 1.807) is 0 Å². The first-order valence-electron chi connectivity index (χ1n) is 4.48. The fourth-order valence-electron chi connectivity index (χ4n) is 0.714. The van der Waals surface area contributed by atoms with Gasteiger partial charge >= 0.3 is 0 Å². The highest BCUT2D eigenvalue weighted by molar-refractivity contribution is 7.85. The third kappa shape index (κ3) is 7.76. The molecule has 0 aliphatic heterocycles. The molecule has 0 aromatic heterocycles. The van der Waals surface area contributed by atoms with Crippen LogP contribution >= 0.6 is 0 Å². The molecule has 14 heavy (non-hydrogen) atoms. The molecule has 0 amide bonds. The molecule has 0 atom stereocenters. The Balaban J connectivity index is 0.000000255. The predicted octanol–water partition coefficient (Wildman–Crippen LogP) is 2.14. The Bertz CT molecular complexity index is 330. The molecule has 0 aliphatic rings. The minimum atomic E-state index is -3.66. The molecular weight excluding hydrogens is 200 g/mol. The average Bonchev–Trinajstić information content (AvgIpc) is 2.19. The molecule has 0 saturated carbocycles. The average molecular weight is 216 g/mol. The summed E-state index contributed by atoms with van der Waals surface area (Å²) in [5, 5.41) is 0. The smallest absolute Gasteiger partial charge is 0.264 e. The number of hydrogen-bond donors (Lipinski definition) is 1. The number of aryl methyl sites for hydroxylation is 1. The fraction of sp³-hybridized carbons (Fsp3) is 0.400. The van der Waals surface area contributed by atoms with Crippen molar-refractivity contribution in [2.45, 2.75) is 20.3 Å². The van der Waals surface area contributed by atoms with Crippen LogP contribution in [0, 0.1) is 0 Å². The summed E-state index contributed by atoms with van der Waals surface area (Å²) < 4.78 is 26.9. The van der Waals surface area contributed by atoms with Crippen molar-refractivity contribution in [2.24, 2.45) is 0 Å². The van der Waals surface area contributed by atoms with Crippen LogP contribution in [0.5, 0.6) is 0 Å². The van der Waals surface area contributed by atoms with E-state index in [2.05, 4.69) is 31.2 Å². The Hall–Kier alpha value is -0.870. The zero-order valence-electron chi connectivity index (χ0n) is 8.47. The molecule has 0 radical (unpaired) electrons. The molecule has 1 aromatic carbocycles. The lowest BCUT2D eigenvalue weighted by atomic mass is 10.2. The summed E-state index contributed by atoms with van der Waals surface area (Å²) in [6.07, 6.45) is 1.14. The van der Waals surface area contributed by atoms with Crippen molar-refractivity contribution in [2.75, 3.05) is 5.75 Å². The molecule has 3 nitrogen and oxygen atoms in total. The molecule has 0 spiro atoms. The van der Waals surface area contributed by atoms with E-state index in [0.717, 1.165) is 6.42 Å². The van der Waals surface area contributed by atoms with Crippen LogP contribution in [-0.2, 0) is 16.5 Å². The Kier molecular flexibility index (Phi) is 6.16. The van der Waals surface area contributed by atoms with Gasteiger partial charge in [-0.2, -0.15) is 8.42 Å². The van der Waals surface area contributed by atoms with Gasteiger partial charge in [0.15, 0.2) is 0 Å². The third-order valence-corrected chi connectivity index (χ3v) is 2.35. The van der Waals surface area contributed by atoms with Crippen molar-refractivity contribution in [3.63, 3.8) is 0 Å². The van der Waals surface area contributed by atoms with E-state index in [0.29, 0.717) is 0 Å². The van der Waals surface area contributed by atoms with Crippen LogP contribution < -0.4 is 0 Å². The van der Waals surface area contributed by atoms with Crippen molar-refractivity contribution in [1.82, 2.24) is 0 Å². The zero-order valence-corrected chi connectivity index (χ0v) is 9.29. The summed E-state index contributed by atoms with van der Waals surface area (Å²) in [5.41, 5.74) is 1.41. The van der Waals surface area contributed by atoms with Crippen LogP contribution in [0.25, 0.3) is 0 Å². The van der Waals surface area contributed by atoms with Gasteiger partial charge in [-0.15, -0.1) is 0 Å². The highest BCUT2D eigenvalue weighted by Crippen LogP contribution is 1.96. The summed E-state index contributed by atoms with van der Waals surface area (Å²) in [5.74, 6) is -0.201. The van der Waals surface area contributed by atoms with Crippen LogP contribution in [-0.4, -0.2) is 18.7 Å². The second kappa shape index (κ2) is 6.56. The lowest BCUT2D eigenvalue weighted by Crippen LogP contribution is -1.97. The standard InChI is InChI=1S/C8H10.C2H6O3S/c1-2-8-6-4-3-5-7-8;1-2-6(3,4)5/h3-7H,2H2,1H3;2H2,1H3,(H,3,4,5). The van der Waals surface area contributed by atoms with Gasteiger partial charge in [0, 0.05) is 0 Å². The van der Waals surface area contributed by atoms with E-state index in [1.165, 1.54) is 12.5 Å². The minimum Gasteiger partial charge on any atom is -0.286 e. The lowest BCUT2D eigenvalue weighted by Gasteiger charge is -1.89.